The molecule has 152 valence electrons. The summed E-state index contributed by atoms with van der Waals surface area (Å²) in [7, 11) is 1.58. The number of carbonyl (C=O) groups is 1. The molecule has 0 aliphatic carbocycles. The molecule has 0 N–H and O–H groups in total. The zero-order chi connectivity index (χ0) is 18.8. The number of nitrogens with zero attached hydrogens (tertiary/aromatic N) is 2. The van der Waals surface area contributed by atoms with Gasteiger partial charge in [-0.15, -0.1) is 11.7 Å². The van der Waals surface area contributed by atoms with Crippen LogP contribution in [-0.4, -0.2) is 85.9 Å². The zero-order valence-corrected chi connectivity index (χ0v) is 17.8. The van der Waals surface area contributed by atoms with Gasteiger partial charge < -0.3 is 19.1 Å². The molecule has 0 saturated carbocycles. The Morgan fingerprint density at radius 1 is 1.12 bits per heavy atom. The van der Waals surface area contributed by atoms with Crippen LogP contribution in [-0.2, 0) is 19.0 Å². The Morgan fingerprint density at radius 3 is 2.54 bits per heavy atom. The average molecular weight is 407 g/mol. The van der Waals surface area contributed by atoms with Crippen molar-refractivity contribution in [2.75, 3.05) is 51.9 Å². The second kappa shape index (κ2) is 12.5. The second-order valence-corrected chi connectivity index (χ2v) is 8.54. The van der Waals surface area contributed by atoms with Crippen LogP contribution in [0.1, 0.15) is 39.5 Å². The number of piperidine rings is 1. The van der Waals surface area contributed by atoms with Crippen molar-refractivity contribution in [3.05, 3.63) is 0 Å². The minimum absolute atomic E-state index is 0.168. The zero-order valence-electron chi connectivity index (χ0n) is 16.1. The van der Waals surface area contributed by atoms with Crippen molar-refractivity contribution >= 4 is 28.4 Å². The Hall–Kier alpha value is 0.01000. The Bertz CT molecular complexity index is 407. The van der Waals surface area contributed by atoms with Gasteiger partial charge in [-0.25, -0.2) is 0 Å². The van der Waals surface area contributed by atoms with E-state index in [0.717, 1.165) is 51.3 Å². The highest BCUT2D eigenvalue weighted by Gasteiger charge is 2.29. The van der Waals surface area contributed by atoms with Gasteiger partial charge in [-0.3, -0.25) is 9.69 Å². The van der Waals surface area contributed by atoms with E-state index in [1.54, 1.807) is 10.8 Å². The van der Waals surface area contributed by atoms with E-state index in [2.05, 4.69) is 16.6 Å². The molecule has 1 atom stereocenters. The number of hydrogen-bond acceptors (Lipinski definition) is 7. The average Bonchev–Trinajstić information content (AvgIpc) is 3.08. The van der Waals surface area contributed by atoms with E-state index in [-0.39, 0.29) is 18.1 Å². The highest BCUT2D eigenvalue weighted by molar-refractivity contribution is 8.68. The van der Waals surface area contributed by atoms with Crippen LogP contribution in [0.5, 0.6) is 0 Å². The summed E-state index contributed by atoms with van der Waals surface area (Å²) in [6, 6.07) is 0. The third kappa shape index (κ3) is 8.35. The van der Waals surface area contributed by atoms with Crippen molar-refractivity contribution in [2.45, 2.75) is 57.8 Å². The van der Waals surface area contributed by atoms with Gasteiger partial charge in [0.25, 0.3) is 0 Å². The summed E-state index contributed by atoms with van der Waals surface area (Å²) in [4.78, 5) is 16.6. The van der Waals surface area contributed by atoms with E-state index in [0.29, 0.717) is 32.3 Å². The summed E-state index contributed by atoms with van der Waals surface area (Å²) in [5.41, 5.74) is 0. The van der Waals surface area contributed by atoms with Gasteiger partial charge in [-0.1, -0.05) is 10.8 Å². The van der Waals surface area contributed by atoms with Crippen molar-refractivity contribution in [1.82, 2.24) is 9.80 Å². The lowest BCUT2D eigenvalue weighted by atomic mass is 10.1. The molecule has 0 aromatic heterocycles. The SMILES string of the molecule is CC(C)OCCOCCC(=O)N1CCC(OC2CCN(CSS)CC2)C1. The lowest BCUT2D eigenvalue weighted by Crippen LogP contribution is -2.39. The van der Waals surface area contributed by atoms with Gasteiger partial charge in [-0.2, -0.15) is 0 Å². The van der Waals surface area contributed by atoms with Gasteiger partial charge >= 0.3 is 0 Å². The van der Waals surface area contributed by atoms with Crippen LogP contribution in [0.25, 0.3) is 0 Å². The number of rotatable bonds is 11. The van der Waals surface area contributed by atoms with Crippen molar-refractivity contribution < 1.29 is 19.0 Å². The van der Waals surface area contributed by atoms with Crippen LogP contribution in [0.15, 0.2) is 0 Å². The molecular formula is C18H34N2O4S2. The standard InChI is InChI=1S/C18H34N2O4S2/c1-15(2)23-12-11-22-10-6-18(21)20-9-5-17(13-20)24-16-3-7-19(8-4-16)14-26-25/h15-17,25H,3-14H2,1-2H3. The van der Waals surface area contributed by atoms with Crippen LogP contribution >= 0.6 is 22.5 Å². The molecule has 26 heavy (non-hydrogen) atoms. The molecule has 0 aromatic rings. The first-order valence-electron chi connectivity index (χ1n) is 9.69. The predicted octanol–water partition coefficient (Wildman–Crippen LogP) is 2.44. The predicted molar refractivity (Wildman–Crippen MR) is 109 cm³/mol. The molecule has 1 amide bonds. The fraction of sp³-hybridized carbons (Fsp3) is 0.944. The first-order valence-corrected chi connectivity index (χ1v) is 11.7. The summed E-state index contributed by atoms with van der Waals surface area (Å²) in [6.07, 6.45) is 4.28. The molecular weight excluding hydrogens is 372 g/mol. The Kier molecular flexibility index (Phi) is 10.7. The summed E-state index contributed by atoms with van der Waals surface area (Å²) < 4.78 is 17.1. The number of thiol groups is 1. The monoisotopic (exact) mass is 406 g/mol. The number of likely N-dealkylation sites (tertiary alicyclic amines) is 2. The van der Waals surface area contributed by atoms with Crippen LogP contribution < -0.4 is 0 Å². The van der Waals surface area contributed by atoms with Crippen LogP contribution in [0.3, 0.4) is 0 Å². The first-order chi connectivity index (χ1) is 12.6. The quantitative estimate of drug-likeness (QED) is 0.323. The minimum Gasteiger partial charge on any atom is -0.379 e. The Morgan fingerprint density at radius 2 is 1.85 bits per heavy atom. The molecule has 2 aliphatic rings. The molecule has 2 fully saturated rings. The minimum atomic E-state index is 0.168. The van der Waals surface area contributed by atoms with E-state index in [4.69, 9.17) is 14.2 Å². The highest BCUT2D eigenvalue weighted by atomic mass is 33.1. The highest BCUT2D eigenvalue weighted by Crippen LogP contribution is 2.22. The third-order valence-electron chi connectivity index (χ3n) is 4.80. The summed E-state index contributed by atoms with van der Waals surface area (Å²) in [5.74, 6) is 1.15. The Labute approximate surface area is 167 Å². The fourth-order valence-corrected chi connectivity index (χ4v) is 4.27. The number of amides is 1. The first kappa shape index (κ1) is 22.3. The number of hydrogen-bond donors (Lipinski definition) is 1. The molecule has 8 heteroatoms. The van der Waals surface area contributed by atoms with Gasteiger partial charge in [0.05, 0.1) is 50.4 Å². The topological polar surface area (TPSA) is 51.2 Å². The maximum absolute atomic E-state index is 12.3. The smallest absolute Gasteiger partial charge is 0.224 e. The Balaban J connectivity index is 1.54. The molecule has 2 saturated heterocycles. The van der Waals surface area contributed by atoms with Gasteiger partial charge in [0.2, 0.25) is 5.91 Å². The maximum atomic E-state index is 12.3. The molecule has 0 bridgehead atoms. The summed E-state index contributed by atoms with van der Waals surface area (Å²) in [5, 5.41) is 0. The molecule has 2 aliphatic heterocycles. The maximum Gasteiger partial charge on any atom is 0.224 e. The van der Waals surface area contributed by atoms with Gasteiger partial charge in [0.15, 0.2) is 0 Å². The normalized spacial score (nSPS) is 22.5. The molecule has 2 heterocycles. The van der Waals surface area contributed by atoms with Gasteiger partial charge in [0.1, 0.15) is 0 Å². The molecule has 2 rings (SSSR count). The van der Waals surface area contributed by atoms with E-state index in [1.807, 2.05) is 18.7 Å². The third-order valence-corrected chi connectivity index (χ3v) is 5.62. The van der Waals surface area contributed by atoms with E-state index < -0.39 is 0 Å². The van der Waals surface area contributed by atoms with Crippen molar-refractivity contribution in [2.24, 2.45) is 0 Å². The fourth-order valence-electron chi connectivity index (χ4n) is 3.36. The van der Waals surface area contributed by atoms with E-state index in [9.17, 15) is 4.79 Å². The van der Waals surface area contributed by atoms with E-state index >= 15 is 0 Å². The number of carbonyl (C=O) groups excluding carboxylic acids is 1. The second-order valence-electron chi connectivity index (χ2n) is 7.24. The van der Waals surface area contributed by atoms with Gasteiger partial charge in [0, 0.05) is 26.2 Å². The summed E-state index contributed by atoms with van der Waals surface area (Å²) in [6.45, 7) is 9.26. The van der Waals surface area contributed by atoms with Crippen LogP contribution in [0.2, 0.25) is 0 Å². The summed E-state index contributed by atoms with van der Waals surface area (Å²) >= 11 is 4.22. The number of ether oxygens (including phenoxy) is 3. The van der Waals surface area contributed by atoms with Crippen LogP contribution in [0.4, 0.5) is 0 Å². The largest absolute Gasteiger partial charge is 0.379 e. The van der Waals surface area contributed by atoms with Gasteiger partial charge in [-0.05, 0) is 33.1 Å². The molecule has 0 spiro atoms. The molecule has 0 radical (unpaired) electrons. The van der Waals surface area contributed by atoms with Crippen molar-refractivity contribution in [3.63, 3.8) is 0 Å². The van der Waals surface area contributed by atoms with Crippen molar-refractivity contribution in [3.8, 4) is 0 Å². The molecule has 6 nitrogen and oxygen atoms in total. The van der Waals surface area contributed by atoms with Crippen LogP contribution in [0, 0.1) is 0 Å². The molecule has 1 unspecified atom stereocenters. The van der Waals surface area contributed by atoms with E-state index in [1.165, 1.54) is 0 Å². The molecule has 0 aromatic carbocycles. The lowest BCUT2D eigenvalue weighted by molar-refractivity contribution is -0.132. The van der Waals surface area contributed by atoms with Crippen molar-refractivity contribution in [1.29, 1.82) is 0 Å². The lowest BCUT2D eigenvalue weighted by Gasteiger charge is -2.32.